The number of rotatable bonds is 13. The molecular weight excluding hydrogens is 451 g/mol. The minimum absolute atomic E-state index is 0.109. The van der Waals surface area contributed by atoms with Gasteiger partial charge in [0.05, 0.1) is 12.2 Å². The summed E-state index contributed by atoms with van der Waals surface area (Å²) in [5.41, 5.74) is -1.87. The van der Waals surface area contributed by atoms with Gasteiger partial charge in [-0.15, -0.1) is 0 Å². The molecule has 0 spiro atoms. The maximum Gasteiger partial charge on any atom is 0.469 e. The average Bonchev–Trinajstić information content (AvgIpc) is 2.70. The number of aliphatic hydroxyl groups excluding tert-OH is 1. The zero-order valence-corrected chi connectivity index (χ0v) is 18.4. The summed E-state index contributed by atoms with van der Waals surface area (Å²) in [6.45, 7) is 1.06. The van der Waals surface area contributed by atoms with Crippen LogP contribution in [0.1, 0.15) is 24.9 Å². The quantitative estimate of drug-likeness (QED) is 0.0779. The number of likely N-dealkylation sites (N-methyl/N-ethyl adjacent to an activating group) is 1. The summed E-state index contributed by atoms with van der Waals surface area (Å²) in [6.07, 6.45) is 1.93. The van der Waals surface area contributed by atoms with Gasteiger partial charge < -0.3 is 30.3 Å². The Morgan fingerprint density at radius 1 is 1.31 bits per heavy atom. The minimum atomic E-state index is -4.77. The molecule has 1 aromatic heterocycles. The number of amides is 1. The van der Waals surface area contributed by atoms with Gasteiger partial charge in [-0.3, -0.25) is 23.7 Å². The fraction of sp³-hybridized carbons (Fsp3) is 0.529. The molecule has 0 radical (unpaired) electrons. The van der Waals surface area contributed by atoms with E-state index in [9.17, 15) is 28.8 Å². The van der Waals surface area contributed by atoms with Crippen LogP contribution in [0.2, 0.25) is 0 Å². The molecule has 1 unspecified atom stereocenters. The first-order chi connectivity index (χ1) is 15.0. The van der Waals surface area contributed by atoms with E-state index in [0.717, 1.165) is 22.9 Å². The van der Waals surface area contributed by atoms with Gasteiger partial charge in [-0.05, 0) is 20.0 Å². The van der Waals surface area contributed by atoms with Crippen molar-refractivity contribution >= 4 is 25.8 Å². The summed E-state index contributed by atoms with van der Waals surface area (Å²) in [5, 5.41) is 14.7. The van der Waals surface area contributed by atoms with E-state index >= 15 is 0 Å². The molecule has 6 N–H and O–H groups in total. The van der Waals surface area contributed by atoms with Crippen LogP contribution in [0.25, 0.3) is 6.08 Å². The number of hydrogen-bond donors (Lipinski definition) is 6. The predicted molar refractivity (Wildman–Crippen MR) is 112 cm³/mol. The monoisotopic (exact) mass is 478 g/mol. The second-order valence-corrected chi connectivity index (χ2v) is 7.78. The number of hydrogen-bond acceptors (Lipinski definition) is 9. The molecule has 1 heterocycles. The first-order valence-corrected chi connectivity index (χ1v) is 11.0. The maximum absolute atomic E-state index is 12.5. The van der Waals surface area contributed by atoms with Gasteiger partial charge in [-0.25, -0.2) is 14.2 Å². The Morgan fingerprint density at radius 3 is 2.59 bits per heavy atom. The van der Waals surface area contributed by atoms with Crippen molar-refractivity contribution in [2.24, 2.45) is 0 Å². The smallest absolute Gasteiger partial charge is 0.459 e. The second-order valence-electron chi connectivity index (χ2n) is 6.54. The second kappa shape index (κ2) is 13.1. The molecule has 0 saturated carbocycles. The topological polar surface area (TPSA) is 209 Å². The number of esters is 1. The van der Waals surface area contributed by atoms with Crippen LogP contribution < -0.4 is 21.9 Å². The number of aromatic amines is 1. The third-order valence-corrected chi connectivity index (χ3v) is 4.37. The summed E-state index contributed by atoms with van der Waals surface area (Å²) in [4.78, 5) is 68.0. The number of ether oxygens (including phenoxy) is 1. The van der Waals surface area contributed by atoms with E-state index in [1.165, 1.54) is 6.92 Å². The van der Waals surface area contributed by atoms with Crippen LogP contribution in [0.4, 0.5) is 0 Å². The fourth-order valence-electron chi connectivity index (χ4n) is 2.39. The third kappa shape index (κ3) is 9.68. The SMILES string of the molecule is CNCCNC(=O)/C=C/c1cn([C@@H](CCO)C(=O)OC(C)COP(=O)(O)O)c(=O)[nH]c1=O. The molecule has 1 amide bonds. The lowest BCUT2D eigenvalue weighted by molar-refractivity contribution is -0.154. The number of phosphoric ester groups is 1. The van der Waals surface area contributed by atoms with Crippen LogP contribution in [0.15, 0.2) is 21.9 Å². The van der Waals surface area contributed by atoms with E-state index in [2.05, 4.69) is 15.2 Å². The third-order valence-electron chi connectivity index (χ3n) is 3.89. The van der Waals surface area contributed by atoms with Crippen LogP contribution in [0, 0.1) is 0 Å². The van der Waals surface area contributed by atoms with E-state index in [1.807, 2.05) is 4.98 Å². The van der Waals surface area contributed by atoms with Crippen molar-refractivity contribution in [2.75, 3.05) is 33.4 Å². The van der Waals surface area contributed by atoms with Gasteiger partial charge in [0.1, 0.15) is 12.1 Å². The molecule has 0 bridgehead atoms. The van der Waals surface area contributed by atoms with Crippen LogP contribution in [-0.4, -0.2) is 75.8 Å². The summed E-state index contributed by atoms with van der Waals surface area (Å²) < 4.78 is 20.9. The fourth-order valence-corrected chi connectivity index (χ4v) is 2.80. The van der Waals surface area contributed by atoms with E-state index in [4.69, 9.17) is 14.5 Å². The molecule has 180 valence electrons. The molecule has 0 aromatic carbocycles. The lowest BCUT2D eigenvalue weighted by atomic mass is 10.2. The van der Waals surface area contributed by atoms with Crippen molar-refractivity contribution in [3.8, 4) is 0 Å². The number of aliphatic hydroxyl groups is 1. The average molecular weight is 478 g/mol. The molecule has 2 atom stereocenters. The van der Waals surface area contributed by atoms with Crippen molar-refractivity contribution in [3.63, 3.8) is 0 Å². The molecule has 0 fully saturated rings. The minimum Gasteiger partial charge on any atom is -0.459 e. The normalized spacial score (nSPS) is 13.7. The first kappa shape index (κ1) is 27.4. The molecule has 0 aliphatic heterocycles. The van der Waals surface area contributed by atoms with Gasteiger partial charge >= 0.3 is 19.5 Å². The molecule has 1 aromatic rings. The van der Waals surface area contributed by atoms with Crippen LogP contribution >= 0.6 is 7.82 Å². The van der Waals surface area contributed by atoms with Gasteiger partial charge in [0.15, 0.2) is 0 Å². The molecule has 0 saturated heterocycles. The van der Waals surface area contributed by atoms with Crippen LogP contribution in [0.5, 0.6) is 0 Å². The van der Waals surface area contributed by atoms with Crippen molar-refractivity contribution in [1.82, 2.24) is 20.2 Å². The number of H-pyrrole nitrogens is 1. The van der Waals surface area contributed by atoms with E-state index < -0.39 is 56.3 Å². The Balaban J connectivity index is 3.07. The zero-order chi connectivity index (χ0) is 24.3. The Hall–Kier alpha value is -2.61. The van der Waals surface area contributed by atoms with E-state index in [1.54, 1.807) is 7.05 Å². The summed E-state index contributed by atoms with van der Waals surface area (Å²) in [5.74, 6) is -1.49. The summed E-state index contributed by atoms with van der Waals surface area (Å²) in [7, 11) is -3.06. The summed E-state index contributed by atoms with van der Waals surface area (Å²) in [6, 6.07) is -1.36. The van der Waals surface area contributed by atoms with Gasteiger partial charge in [-0.2, -0.15) is 0 Å². The van der Waals surface area contributed by atoms with E-state index in [-0.39, 0.29) is 12.0 Å². The van der Waals surface area contributed by atoms with Gasteiger partial charge in [0, 0.05) is 38.4 Å². The first-order valence-electron chi connectivity index (χ1n) is 9.46. The van der Waals surface area contributed by atoms with E-state index in [0.29, 0.717) is 13.1 Å². The number of nitrogens with one attached hydrogen (secondary N) is 3. The number of carbonyl (C=O) groups is 2. The number of nitrogens with zero attached hydrogens (tertiary/aromatic N) is 1. The Bertz CT molecular complexity index is 967. The molecule has 32 heavy (non-hydrogen) atoms. The van der Waals surface area contributed by atoms with Gasteiger partial charge in [0.25, 0.3) is 5.56 Å². The van der Waals surface area contributed by atoms with Crippen molar-refractivity contribution in [3.05, 3.63) is 38.7 Å². The predicted octanol–water partition coefficient (Wildman–Crippen LogP) is -2.15. The number of phosphoric acid groups is 1. The van der Waals surface area contributed by atoms with Gasteiger partial charge in [0.2, 0.25) is 5.91 Å². The summed E-state index contributed by atoms with van der Waals surface area (Å²) >= 11 is 0. The molecule has 1 rings (SSSR count). The van der Waals surface area contributed by atoms with Crippen molar-refractivity contribution in [2.45, 2.75) is 25.5 Å². The highest BCUT2D eigenvalue weighted by atomic mass is 31.2. The standard InChI is InChI=1S/C17H27N4O10P/c1-11(10-30-32(27,28)29)31-16(25)13(5-8-22)21-9-12(15(24)20-17(21)26)3-4-14(23)19-7-6-18-2/h3-4,9,11,13,18,22H,5-8,10H2,1-2H3,(H,19,23)(H,20,24,26)(H2,27,28,29)/b4-3+/t11?,13-/m0/s1. The number of aromatic nitrogens is 2. The zero-order valence-electron chi connectivity index (χ0n) is 17.5. The highest BCUT2D eigenvalue weighted by molar-refractivity contribution is 7.46. The van der Waals surface area contributed by atoms with Crippen molar-refractivity contribution in [1.29, 1.82) is 0 Å². The lowest BCUT2D eigenvalue weighted by Crippen LogP contribution is -2.38. The largest absolute Gasteiger partial charge is 0.469 e. The molecule has 0 aliphatic carbocycles. The molecule has 14 nitrogen and oxygen atoms in total. The highest BCUT2D eigenvalue weighted by Crippen LogP contribution is 2.35. The molecule has 15 heteroatoms. The maximum atomic E-state index is 12.5. The van der Waals surface area contributed by atoms with Crippen molar-refractivity contribution < 1.29 is 38.3 Å². The Labute approximate surface area is 182 Å². The highest BCUT2D eigenvalue weighted by Gasteiger charge is 2.26. The Kier molecular flexibility index (Phi) is 11.2. The molecular formula is C17H27N4O10P. The Morgan fingerprint density at radius 2 is 2.00 bits per heavy atom. The van der Waals surface area contributed by atoms with Gasteiger partial charge in [-0.1, -0.05) is 0 Å². The van der Waals surface area contributed by atoms with Crippen LogP contribution in [0.3, 0.4) is 0 Å². The lowest BCUT2D eigenvalue weighted by Gasteiger charge is -2.21. The van der Waals surface area contributed by atoms with Crippen LogP contribution in [-0.2, 0) is 23.4 Å². The molecule has 0 aliphatic rings. The number of carbonyl (C=O) groups excluding carboxylic acids is 2.